The lowest BCUT2D eigenvalue weighted by Crippen LogP contribution is -2.47. The number of alkyl halides is 3. The van der Waals surface area contributed by atoms with Crippen molar-refractivity contribution in [3.05, 3.63) is 59.7 Å². The Morgan fingerprint density at radius 3 is 2.17 bits per heavy atom. The van der Waals surface area contributed by atoms with Gasteiger partial charge in [0.1, 0.15) is 11.5 Å². The fourth-order valence-electron chi connectivity index (χ4n) is 2.71. The maximum atomic E-state index is 12.9. The molecule has 1 N–H and O–H groups in total. The zero-order chi connectivity index (χ0) is 22.5. The van der Waals surface area contributed by atoms with Crippen LogP contribution in [0, 0.1) is 0 Å². The number of nitrogens with one attached hydrogen (secondary N) is 1. The van der Waals surface area contributed by atoms with Gasteiger partial charge in [0.25, 0.3) is 5.91 Å². The van der Waals surface area contributed by atoms with Crippen LogP contribution < -0.4 is 10.1 Å². The SMILES string of the molecule is CCN(CC(=O)NC(C)(C)C)C(=O)c1cccc(Oc2cccc(C(F)(F)F)c2)c1. The van der Waals surface area contributed by atoms with Crippen LogP contribution in [0.1, 0.15) is 43.6 Å². The summed E-state index contributed by atoms with van der Waals surface area (Å²) < 4.78 is 44.1. The average molecular weight is 422 g/mol. The molecule has 2 aromatic rings. The molecule has 0 aliphatic carbocycles. The summed E-state index contributed by atoms with van der Waals surface area (Å²) in [5.74, 6) is -0.438. The normalized spacial score (nSPS) is 11.7. The minimum Gasteiger partial charge on any atom is -0.457 e. The van der Waals surface area contributed by atoms with Crippen molar-refractivity contribution in [2.45, 2.75) is 39.4 Å². The van der Waals surface area contributed by atoms with Crippen LogP contribution in [0.2, 0.25) is 0 Å². The molecule has 5 nitrogen and oxygen atoms in total. The number of rotatable bonds is 6. The third kappa shape index (κ3) is 6.79. The molecule has 0 spiro atoms. The molecule has 30 heavy (non-hydrogen) atoms. The molecular weight excluding hydrogens is 397 g/mol. The molecule has 0 saturated carbocycles. The van der Waals surface area contributed by atoms with Crippen molar-refractivity contribution in [3.63, 3.8) is 0 Å². The van der Waals surface area contributed by atoms with Gasteiger partial charge in [0.05, 0.1) is 12.1 Å². The molecule has 2 aromatic carbocycles. The Morgan fingerprint density at radius 1 is 1.00 bits per heavy atom. The molecule has 0 heterocycles. The van der Waals surface area contributed by atoms with E-state index in [1.54, 1.807) is 25.1 Å². The Bertz CT molecular complexity index is 905. The number of hydrogen-bond donors (Lipinski definition) is 1. The zero-order valence-electron chi connectivity index (χ0n) is 17.3. The molecule has 0 fully saturated rings. The molecular formula is C22H25F3N2O3. The van der Waals surface area contributed by atoms with Gasteiger partial charge in [0.2, 0.25) is 5.91 Å². The predicted octanol–water partition coefficient (Wildman–Crippen LogP) is 4.87. The quantitative estimate of drug-likeness (QED) is 0.722. The molecule has 0 atom stereocenters. The van der Waals surface area contributed by atoms with E-state index >= 15 is 0 Å². The molecule has 8 heteroatoms. The van der Waals surface area contributed by atoms with Crippen LogP contribution in [0.4, 0.5) is 13.2 Å². The summed E-state index contributed by atoms with van der Waals surface area (Å²) in [7, 11) is 0. The highest BCUT2D eigenvalue weighted by atomic mass is 19.4. The summed E-state index contributed by atoms with van der Waals surface area (Å²) >= 11 is 0. The van der Waals surface area contributed by atoms with Crippen LogP contribution >= 0.6 is 0 Å². The smallest absolute Gasteiger partial charge is 0.416 e. The van der Waals surface area contributed by atoms with E-state index in [1.165, 1.54) is 23.1 Å². The van der Waals surface area contributed by atoms with Gasteiger partial charge in [-0.3, -0.25) is 9.59 Å². The van der Waals surface area contributed by atoms with E-state index in [4.69, 9.17) is 4.74 Å². The lowest BCUT2D eigenvalue weighted by atomic mass is 10.1. The topological polar surface area (TPSA) is 58.6 Å². The first-order chi connectivity index (χ1) is 13.9. The van der Waals surface area contributed by atoms with Gasteiger partial charge in [0.15, 0.2) is 0 Å². The summed E-state index contributed by atoms with van der Waals surface area (Å²) in [6.45, 7) is 7.50. The Kier molecular flexibility index (Phi) is 7.12. The number of benzene rings is 2. The maximum absolute atomic E-state index is 12.9. The third-order valence-corrected chi connectivity index (χ3v) is 4.00. The van der Waals surface area contributed by atoms with E-state index in [9.17, 15) is 22.8 Å². The van der Waals surface area contributed by atoms with Gasteiger partial charge >= 0.3 is 6.18 Å². The minimum absolute atomic E-state index is 0.00586. The van der Waals surface area contributed by atoms with Crippen molar-refractivity contribution in [1.82, 2.24) is 10.2 Å². The second kappa shape index (κ2) is 9.19. The van der Waals surface area contributed by atoms with Crippen molar-refractivity contribution < 1.29 is 27.5 Å². The van der Waals surface area contributed by atoms with Crippen molar-refractivity contribution in [2.75, 3.05) is 13.1 Å². The van der Waals surface area contributed by atoms with E-state index in [0.717, 1.165) is 12.1 Å². The maximum Gasteiger partial charge on any atom is 0.416 e. The van der Waals surface area contributed by atoms with Gasteiger partial charge in [-0.1, -0.05) is 12.1 Å². The Morgan fingerprint density at radius 2 is 1.60 bits per heavy atom. The van der Waals surface area contributed by atoms with E-state index in [1.807, 2.05) is 20.8 Å². The van der Waals surface area contributed by atoms with E-state index < -0.39 is 17.3 Å². The van der Waals surface area contributed by atoms with Crippen molar-refractivity contribution in [3.8, 4) is 11.5 Å². The largest absolute Gasteiger partial charge is 0.457 e. The fraction of sp³-hybridized carbons (Fsp3) is 0.364. The van der Waals surface area contributed by atoms with Gasteiger partial charge in [-0.25, -0.2) is 0 Å². The molecule has 2 rings (SSSR count). The van der Waals surface area contributed by atoms with E-state index in [2.05, 4.69) is 5.32 Å². The molecule has 0 radical (unpaired) electrons. The Hall–Kier alpha value is -3.03. The number of hydrogen-bond acceptors (Lipinski definition) is 3. The summed E-state index contributed by atoms with van der Waals surface area (Å²) in [5.41, 5.74) is -0.975. The fourth-order valence-corrected chi connectivity index (χ4v) is 2.71. The molecule has 0 aliphatic heterocycles. The highest BCUT2D eigenvalue weighted by molar-refractivity contribution is 5.96. The van der Waals surface area contributed by atoms with E-state index in [0.29, 0.717) is 6.54 Å². The molecule has 0 aliphatic rings. The van der Waals surface area contributed by atoms with Crippen LogP contribution in [0.5, 0.6) is 11.5 Å². The van der Waals surface area contributed by atoms with Gasteiger partial charge in [0, 0.05) is 17.6 Å². The van der Waals surface area contributed by atoms with Crippen molar-refractivity contribution >= 4 is 11.8 Å². The van der Waals surface area contributed by atoms with Gasteiger partial charge in [-0.2, -0.15) is 13.2 Å². The number of carbonyl (C=O) groups excluding carboxylic acids is 2. The van der Waals surface area contributed by atoms with Crippen molar-refractivity contribution in [1.29, 1.82) is 0 Å². The van der Waals surface area contributed by atoms with Crippen LogP contribution in [-0.4, -0.2) is 35.3 Å². The zero-order valence-corrected chi connectivity index (χ0v) is 17.3. The van der Waals surface area contributed by atoms with Gasteiger partial charge < -0.3 is 15.0 Å². The standard InChI is InChI=1S/C22H25F3N2O3/c1-5-27(14-19(28)26-21(2,3)4)20(29)15-8-6-10-17(12-15)30-18-11-7-9-16(13-18)22(23,24)25/h6-13H,5,14H2,1-4H3,(H,26,28). The molecule has 0 bridgehead atoms. The Balaban J connectivity index is 2.15. The first kappa shape index (κ1) is 23.3. The van der Waals surface area contributed by atoms with Gasteiger partial charge in [-0.05, 0) is 64.1 Å². The molecule has 0 unspecified atom stereocenters. The number of ether oxygens (including phenoxy) is 1. The number of amides is 2. The van der Waals surface area contributed by atoms with Crippen LogP contribution in [0.3, 0.4) is 0 Å². The first-order valence-electron chi connectivity index (χ1n) is 9.44. The van der Waals surface area contributed by atoms with E-state index in [-0.39, 0.29) is 35.4 Å². The molecule has 0 aromatic heterocycles. The highest BCUT2D eigenvalue weighted by Crippen LogP contribution is 2.32. The summed E-state index contributed by atoms with van der Waals surface area (Å²) in [5, 5.41) is 2.80. The summed E-state index contributed by atoms with van der Waals surface area (Å²) in [6.07, 6.45) is -4.48. The molecule has 162 valence electrons. The van der Waals surface area contributed by atoms with Crippen LogP contribution in [0.25, 0.3) is 0 Å². The minimum atomic E-state index is -4.48. The number of halogens is 3. The van der Waals surface area contributed by atoms with Crippen molar-refractivity contribution in [2.24, 2.45) is 0 Å². The highest BCUT2D eigenvalue weighted by Gasteiger charge is 2.30. The third-order valence-electron chi connectivity index (χ3n) is 4.00. The monoisotopic (exact) mass is 422 g/mol. The van der Waals surface area contributed by atoms with Crippen LogP contribution in [-0.2, 0) is 11.0 Å². The lowest BCUT2D eigenvalue weighted by molar-refractivity contribution is -0.137. The number of carbonyl (C=O) groups is 2. The predicted molar refractivity (Wildman–Crippen MR) is 107 cm³/mol. The lowest BCUT2D eigenvalue weighted by Gasteiger charge is -2.25. The Labute approximate surface area is 173 Å². The summed E-state index contributed by atoms with van der Waals surface area (Å²) in [6, 6.07) is 10.6. The second-order valence-electron chi connectivity index (χ2n) is 7.77. The first-order valence-corrected chi connectivity index (χ1v) is 9.44. The second-order valence-corrected chi connectivity index (χ2v) is 7.77. The molecule has 0 saturated heterocycles. The molecule has 2 amide bonds. The average Bonchev–Trinajstić information content (AvgIpc) is 2.64. The van der Waals surface area contributed by atoms with Gasteiger partial charge in [-0.15, -0.1) is 0 Å². The number of nitrogens with zero attached hydrogens (tertiary/aromatic N) is 1. The summed E-state index contributed by atoms with van der Waals surface area (Å²) in [4.78, 5) is 26.4. The number of likely N-dealkylation sites (N-methyl/N-ethyl adjacent to an activating group) is 1. The van der Waals surface area contributed by atoms with Crippen LogP contribution in [0.15, 0.2) is 48.5 Å².